The van der Waals surface area contributed by atoms with Crippen LogP contribution in [-0.2, 0) is 22.6 Å². The number of halogens is 5. The lowest BCUT2D eigenvalue weighted by Crippen LogP contribution is -2.31. The molecule has 4 aromatic carbocycles. The Balaban J connectivity index is 1.33. The average Bonchev–Trinajstić information content (AvgIpc) is 3.09. The van der Waals surface area contributed by atoms with E-state index in [9.17, 15) is 37.0 Å². The Labute approximate surface area is 266 Å². The SMILES string of the molecule is O=C(NCc1ccccc1-c1ccc([C@@H]2O[C@H](CSCCO)C[C@H](c3ccc(CO)cc3)O2)cc1)c1c(F)c(F)c(F)c(F)c1F. The van der Waals surface area contributed by atoms with Gasteiger partial charge in [-0.05, 0) is 27.8 Å². The first-order chi connectivity index (χ1) is 22.2. The number of hydrogen-bond acceptors (Lipinski definition) is 6. The molecule has 1 amide bonds. The average molecular weight is 660 g/mol. The van der Waals surface area contributed by atoms with Crippen molar-refractivity contribution in [2.45, 2.75) is 38.1 Å². The third-order valence-electron chi connectivity index (χ3n) is 7.54. The molecule has 46 heavy (non-hydrogen) atoms. The molecule has 4 aromatic rings. The summed E-state index contributed by atoms with van der Waals surface area (Å²) in [5.74, 6) is -11.4. The van der Waals surface area contributed by atoms with Gasteiger partial charge in [-0.15, -0.1) is 0 Å². The molecule has 0 spiro atoms. The topological polar surface area (TPSA) is 88.0 Å². The van der Waals surface area contributed by atoms with Gasteiger partial charge in [0.15, 0.2) is 29.6 Å². The number of hydrogen-bond donors (Lipinski definition) is 3. The largest absolute Gasteiger partial charge is 0.396 e. The van der Waals surface area contributed by atoms with Crippen molar-refractivity contribution in [3.63, 3.8) is 0 Å². The fourth-order valence-corrected chi connectivity index (χ4v) is 5.92. The number of thioether (sulfide) groups is 1. The van der Waals surface area contributed by atoms with E-state index in [0.717, 1.165) is 22.3 Å². The van der Waals surface area contributed by atoms with E-state index < -0.39 is 46.8 Å². The van der Waals surface area contributed by atoms with Crippen LogP contribution in [-0.4, -0.2) is 40.3 Å². The highest BCUT2D eigenvalue weighted by molar-refractivity contribution is 7.99. The molecule has 1 heterocycles. The highest BCUT2D eigenvalue weighted by Gasteiger charge is 2.32. The van der Waals surface area contributed by atoms with Crippen molar-refractivity contribution >= 4 is 17.7 Å². The summed E-state index contributed by atoms with van der Waals surface area (Å²) in [5.41, 5.74) is 2.85. The quantitative estimate of drug-likeness (QED) is 0.0716. The van der Waals surface area contributed by atoms with E-state index >= 15 is 0 Å². The first kappa shape index (κ1) is 33.6. The summed E-state index contributed by atoms with van der Waals surface area (Å²) in [5, 5.41) is 20.9. The summed E-state index contributed by atoms with van der Waals surface area (Å²) < 4.78 is 81.6. The zero-order valence-corrected chi connectivity index (χ0v) is 25.1. The molecule has 0 aliphatic carbocycles. The fraction of sp³-hybridized carbons (Fsp3) is 0.265. The Kier molecular flexibility index (Phi) is 11.1. The molecule has 5 rings (SSSR count). The van der Waals surface area contributed by atoms with E-state index in [4.69, 9.17) is 9.47 Å². The molecule has 0 saturated carbocycles. The van der Waals surface area contributed by atoms with Crippen molar-refractivity contribution in [1.82, 2.24) is 5.32 Å². The number of aliphatic hydroxyl groups excluding tert-OH is 2. The van der Waals surface area contributed by atoms with E-state index in [1.54, 1.807) is 36.0 Å². The zero-order valence-electron chi connectivity index (χ0n) is 24.3. The molecule has 0 unspecified atom stereocenters. The number of benzene rings is 4. The van der Waals surface area contributed by atoms with E-state index in [0.29, 0.717) is 29.1 Å². The maximum Gasteiger partial charge on any atom is 0.257 e. The lowest BCUT2D eigenvalue weighted by atomic mass is 9.97. The number of carbonyl (C=O) groups excluding carboxylic acids is 1. The van der Waals surface area contributed by atoms with Gasteiger partial charge >= 0.3 is 0 Å². The van der Waals surface area contributed by atoms with Gasteiger partial charge in [0.1, 0.15) is 5.56 Å². The lowest BCUT2D eigenvalue weighted by molar-refractivity contribution is -0.245. The van der Waals surface area contributed by atoms with Crippen molar-refractivity contribution in [2.75, 3.05) is 18.1 Å². The minimum Gasteiger partial charge on any atom is -0.396 e. The number of aliphatic hydroxyl groups is 2. The van der Waals surface area contributed by atoms with E-state index in [1.165, 1.54) is 0 Å². The van der Waals surface area contributed by atoms with Crippen molar-refractivity contribution < 1.29 is 46.4 Å². The molecular formula is C34H30F5NO5S. The Hall–Kier alpha value is -3.81. The van der Waals surface area contributed by atoms with Crippen LogP contribution in [0.1, 0.15) is 51.4 Å². The van der Waals surface area contributed by atoms with Gasteiger partial charge in [0.05, 0.1) is 25.4 Å². The molecule has 12 heteroatoms. The molecule has 0 bridgehead atoms. The second-order valence-electron chi connectivity index (χ2n) is 10.6. The number of amides is 1. The molecule has 0 radical (unpaired) electrons. The fourth-order valence-electron chi connectivity index (χ4n) is 5.15. The first-order valence-corrected chi connectivity index (χ1v) is 15.5. The van der Waals surface area contributed by atoms with Crippen LogP contribution in [0.15, 0.2) is 72.8 Å². The van der Waals surface area contributed by atoms with E-state index in [1.807, 2.05) is 48.5 Å². The number of carbonyl (C=O) groups is 1. The first-order valence-electron chi connectivity index (χ1n) is 14.4. The van der Waals surface area contributed by atoms with Crippen LogP contribution in [0.5, 0.6) is 0 Å². The van der Waals surface area contributed by atoms with Crippen LogP contribution in [0.4, 0.5) is 22.0 Å². The van der Waals surface area contributed by atoms with Crippen LogP contribution in [0.25, 0.3) is 11.1 Å². The Morgan fingerprint density at radius 3 is 2.09 bits per heavy atom. The van der Waals surface area contributed by atoms with Gasteiger partial charge in [0.2, 0.25) is 5.82 Å². The molecule has 6 nitrogen and oxygen atoms in total. The third kappa shape index (κ3) is 7.42. The van der Waals surface area contributed by atoms with Gasteiger partial charge in [0, 0.05) is 30.0 Å². The highest BCUT2D eigenvalue weighted by Crippen LogP contribution is 2.39. The predicted molar refractivity (Wildman–Crippen MR) is 162 cm³/mol. The van der Waals surface area contributed by atoms with Gasteiger partial charge in [-0.25, -0.2) is 22.0 Å². The minimum atomic E-state index is -2.34. The molecule has 0 aromatic heterocycles. The molecule has 1 aliphatic heterocycles. The molecule has 1 saturated heterocycles. The zero-order chi connectivity index (χ0) is 32.8. The molecule has 1 fully saturated rings. The van der Waals surface area contributed by atoms with E-state index in [-0.39, 0.29) is 32.0 Å². The van der Waals surface area contributed by atoms with Crippen LogP contribution in [0.2, 0.25) is 0 Å². The van der Waals surface area contributed by atoms with E-state index in [2.05, 4.69) is 5.32 Å². The predicted octanol–water partition coefficient (Wildman–Crippen LogP) is 6.74. The van der Waals surface area contributed by atoms with Gasteiger partial charge < -0.3 is 25.0 Å². The second-order valence-corrected chi connectivity index (χ2v) is 11.7. The molecule has 3 atom stereocenters. The Morgan fingerprint density at radius 1 is 0.804 bits per heavy atom. The number of nitrogens with one attached hydrogen (secondary N) is 1. The van der Waals surface area contributed by atoms with Gasteiger partial charge in [-0.2, -0.15) is 11.8 Å². The Bertz CT molecular complexity index is 1640. The summed E-state index contributed by atoms with van der Waals surface area (Å²) in [6.45, 7) is -0.257. The van der Waals surface area contributed by atoms with Crippen LogP contribution in [0, 0.1) is 29.1 Å². The lowest BCUT2D eigenvalue weighted by Gasteiger charge is -2.36. The van der Waals surface area contributed by atoms with Gasteiger partial charge in [-0.3, -0.25) is 4.79 Å². The second kappa shape index (κ2) is 15.2. The maximum atomic E-state index is 14.1. The minimum absolute atomic E-state index is 0.0626. The normalized spacial score (nSPS) is 18.0. The van der Waals surface area contributed by atoms with Crippen LogP contribution in [0.3, 0.4) is 0 Å². The van der Waals surface area contributed by atoms with Crippen molar-refractivity contribution in [3.05, 3.63) is 130 Å². The summed E-state index contributed by atoms with van der Waals surface area (Å²) >= 11 is 1.58. The molecule has 1 aliphatic rings. The summed E-state index contributed by atoms with van der Waals surface area (Å²) in [4.78, 5) is 12.5. The van der Waals surface area contributed by atoms with Crippen LogP contribution < -0.4 is 5.32 Å². The highest BCUT2D eigenvalue weighted by atomic mass is 32.2. The summed E-state index contributed by atoms with van der Waals surface area (Å²) in [7, 11) is 0. The third-order valence-corrected chi connectivity index (χ3v) is 8.62. The standard InChI is InChI=1S/C34H30F5NO5S/c35-28-27(29(36)31(38)32(39)30(28)37)33(43)40-16-23-3-1-2-4-25(23)20-9-11-22(12-10-20)34-44-24(18-46-14-13-41)15-26(45-34)21-7-5-19(17-42)6-8-21/h1-12,24,26,34,41-42H,13-18H2,(H,40,43)/t24-,26+,34+/m0/s1. The molecule has 3 N–H and O–H groups in total. The van der Waals surface area contributed by atoms with Crippen LogP contribution >= 0.6 is 11.8 Å². The smallest absolute Gasteiger partial charge is 0.257 e. The summed E-state index contributed by atoms with van der Waals surface area (Å²) in [6, 6.07) is 21.7. The summed E-state index contributed by atoms with van der Waals surface area (Å²) in [6.07, 6.45) is -0.510. The number of rotatable bonds is 11. The monoisotopic (exact) mass is 659 g/mol. The van der Waals surface area contributed by atoms with Gasteiger partial charge in [-0.1, -0.05) is 72.8 Å². The van der Waals surface area contributed by atoms with Crippen molar-refractivity contribution in [3.8, 4) is 11.1 Å². The van der Waals surface area contributed by atoms with Gasteiger partial charge in [0.25, 0.3) is 5.91 Å². The molecular weight excluding hydrogens is 629 g/mol. The number of ether oxygens (including phenoxy) is 2. The molecule has 242 valence electrons. The maximum absolute atomic E-state index is 14.1. The van der Waals surface area contributed by atoms with Crippen molar-refractivity contribution in [2.24, 2.45) is 0 Å². The van der Waals surface area contributed by atoms with Crippen molar-refractivity contribution in [1.29, 1.82) is 0 Å². The Morgan fingerprint density at radius 2 is 1.43 bits per heavy atom.